The third-order valence-corrected chi connectivity index (χ3v) is 2.99. The minimum Gasteiger partial charge on any atom is -0.450 e. The minimum atomic E-state index is -0.525. The standard InChI is InChI=1S/C15H32N4O4/c1-4-7-11-23-15(20)19-12(9-8-10-18-14(16)17)13(21-5-2)22-6-3/h12-13H,4-11H2,1-3H3,(H,19,20)(H4,16,17,18)/t12-/m0/s1. The van der Waals surface area contributed by atoms with Gasteiger partial charge in [-0.25, -0.2) is 4.79 Å². The maximum atomic E-state index is 11.9. The molecule has 0 aromatic heterocycles. The monoisotopic (exact) mass is 332 g/mol. The number of aliphatic imine (C=N–C) groups is 1. The Morgan fingerprint density at radius 2 is 1.78 bits per heavy atom. The van der Waals surface area contributed by atoms with Crippen LogP contribution in [0, 0.1) is 0 Å². The van der Waals surface area contributed by atoms with Crippen molar-refractivity contribution in [2.75, 3.05) is 26.4 Å². The molecule has 8 heteroatoms. The molecule has 0 aromatic carbocycles. The van der Waals surface area contributed by atoms with Gasteiger partial charge >= 0.3 is 6.09 Å². The van der Waals surface area contributed by atoms with Crippen LogP contribution in [-0.4, -0.2) is 50.8 Å². The van der Waals surface area contributed by atoms with Gasteiger partial charge in [-0.05, 0) is 33.1 Å². The lowest BCUT2D eigenvalue weighted by atomic mass is 10.1. The molecule has 136 valence electrons. The van der Waals surface area contributed by atoms with E-state index in [1.807, 2.05) is 20.8 Å². The Balaban J connectivity index is 4.55. The molecule has 0 aliphatic heterocycles. The van der Waals surface area contributed by atoms with E-state index in [9.17, 15) is 4.79 Å². The molecule has 0 spiro atoms. The number of nitrogens with zero attached hydrogens (tertiary/aromatic N) is 1. The third kappa shape index (κ3) is 11.7. The fourth-order valence-electron chi connectivity index (χ4n) is 1.91. The van der Waals surface area contributed by atoms with Gasteiger partial charge in [0.1, 0.15) is 0 Å². The highest BCUT2D eigenvalue weighted by atomic mass is 16.7. The molecule has 23 heavy (non-hydrogen) atoms. The van der Waals surface area contributed by atoms with Gasteiger partial charge < -0.3 is 31.0 Å². The van der Waals surface area contributed by atoms with Gasteiger partial charge in [0.05, 0.1) is 12.6 Å². The predicted octanol–water partition coefficient (Wildman–Crippen LogP) is 1.33. The molecule has 0 rings (SSSR count). The summed E-state index contributed by atoms with van der Waals surface area (Å²) in [6, 6.07) is -0.321. The van der Waals surface area contributed by atoms with Crippen LogP contribution >= 0.6 is 0 Å². The zero-order valence-corrected chi connectivity index (χ0v) is 14.5. The van der Waals surface area contributed by atoms with Gasteiger partial charge in [0.2, 0.25) is 0 Å². The highest BCUT2D eigenvalue weighted by Gasteiger charge is 2.24. The molecule has 8 nitrogen and oxygen atoms in total. The molecule has 0 saturated heterocycles. The van der Waals surface area contributed by atoms with Gasteiger partial charge in [-0.3, -0.25) is 4.99 Å². The second-order valence-corrected chi connectivity index (χ2v) is 4.97. The molecule has 1 atom stereocenters. The lowest BCUT2D eigenvalue weighted by molar-refractivity contribution is -0.154. The number of nitrogens with two attached hydrogens (primary N) is 2. The summed E-state index contributed by atoms with van der Waals surface area (Å²) in [5.41, 5.74) is 10.6. The molecule has 1 amide bonds. The molecule has 0 aliphatic carbocycles. The number of amides is 1. The van der Waals surface area contributed by atoms with Gasteiger partial charge in [-0.2, -0.15) is 0 Å². The lowest BCUT2D eigenvalue weighted by Crippen LogP contribution is -2.46. The zero-order valence-electron chi connectivity index (χ0n) is 14.5. The van der Waals surface area contributed by atoms with E-state index < -0.39 is 12.4 Å². The fourth-order valence-corrected chi connectivity index (χ4v) is 1.91. The molecule has 5 N–H and O–H groups in total. The number of unbranched alkanes of at least 4 members (excludes halogenated alkanes) is 1. The van der Waals surface area contributed by atoms with Gasteiger partial charge in [0.15, 0.2) is 12.2 Å². The Bertz CT molecular complexity index is 329. The van der Waals surface area contributed by atoms with Crippen molar-refractivity contribution in [2.45, 2.75) is 58.8 Å². The molecular formula is C15H32N4O4. The van der Waals surface area contributed by atoms with Crippen molar-refractivity contribution in [3.05, 3.63) is 0 Å². The van der Waals surface area contributed by atoms with Crippen molar-refractivity contribution >= 4 is 12.1 Å². The highest BCUT2D eigenvalue weighted by Crippen LogP contribution is 2.10. The Kier molecular flexibility index (Phi) is 13.1. The highest BCUT2D eigenvalue weighted by molar-refractivity contribution is 5.75. The number of carbonyl (C=O) groups is 1. The summed E-state index contributed by atoms with van der Waals surface area (Å²) in [7, 11) is 0. The van der Waals surface area contributed by atoms with Gasteiger partial charge in [0, 0.05) is 19.8 Å². The van der Waals surface area contributed by atoms with E-state index in [-0.39, 0.29) is 12.0 Å². The van der Waals surface area contributed by atoms with Crippen molar-refractivity contribution in [1.29, 1.82) is 0 Å². The molecule has 0 fully saturated rings. The quantitative estimate of drug-likeness (QED) is 0.202. The summed E-state index contributed by atoms with van der Waals surface area (Å²) in [6.45, 7) is 7.65. The van der Waals surface area contributed by atoms with Gasteiger partial charge in [-0.1, -0.05) is 13.3 Å². The van der Waals surface area contributed by atoms with Crippen LogP contribution in [0.4, 0.5) is 4.79 Å². The average molecular weight is 332 g/mol. The van der Waals surface area contributed by atoms with Gasteiger partial charge in [0.25, 0.3) is 0 Å². The minimum absolute atomic E-state index is 0.0552. The van der Waals surface area contributed by atoms with Crippen molar-refractivity contribution in [2.24, 2.45) is 16.5 Å². The van der Waals surface area contributed by atoms with Crippen LogP contribution in [0.5, 0.6) is 0 Å². The van der Waals surface area contributed by atoms with Crippen molar-refractivity contribution in [3.63, 3.8) is 0 Å². The average Bonchev–Trinajstić information content (AvgIpc) is 2.50. The number of hydrogen-bond acceptors (Lipinski definition) is 5. The van der Waals surface area contributed by atoms with E-state index in [0.717, 1.165) is 12.8 Å². The van der Waals surface area contributed by atoms with Crippen LogP contribution in [0.2, 0.25) is 0 Å². The Morgan fingerprint density at radius 3 is 2.30 bits per heavy atom. The van der Waals surface area contributed by atoms with E-state index in [1.165, 1.54) is 0 Å². The predicted molar refractivity (Wildman–Crippen MR) is 90.1 cm³/mol. The van der Waals surface area contributed by atoms with Crippen LogP contribution < -0.4 is 16.8 Å². The van der Waals surface area contributed by atoms with Crippen LogP contribution in [0.15, 0.2) is 4.99 Å². The van der Waals surface area contributed by atoms with Crippen LogP contribution in [0.25, 0.3) is 0 Å². The molecule has 0 unspecified atom stereocenters. The van der Waals surface area contributed by atoms with Crippen LogP contribution in [-0.2, 0) is 14.2 Å². The first-order valence-electron chi connectivity index (χ1n) is 8.26. The number of hydrogen-bond donors (Lipinski definition) is 3. The van der Waals surface area contributed by atoms with E-state index in [4.69, 9.17) is 25.7 Å². The summed E-state index contributed by atoms with van der Waals surface area (Å²) in [6.07, 6.45) is 2.12. The summed E-state index contributed by atoms with van der Waals surface area (Å²) in [5, 5.41) is 2.81. The van der Waals surface area contributed by atoms with E-state index in [1.54, 1.807) is 0 Å². The first-order chi connectivity index (χ1) is 11.0. The molecule has 0 saturated carbocycles. The number of rotatable bonds is 13. The van der Waals surface area contributed by atoms with Crippen molar-refractivity contribution in [3.8, 4) is 0 Å². The first kappa shape index (κ1) is 21.5. The number of carbonyl (C=O) groups excluding carboxylic acids is 1. The number of nitrogens with one attached hydrogen (secondary N) is 1. The Hall–Kier alpha value is -1.54. The van der Waals surface area contributed by atoms with E-state index >= 15 is 0 Å². The summed E-state index contributed by atoms with van der Waals surface area (Å²) in [4.78, 5) is 15.8. The fraction of sp³-hybridized carbons (Fsp3) is 0.867. The van der Waals surface area contributed by atoms with Gasteiger partial charge in [-0.15, -0.1) is 0 Å². The number of alkyl carbamates (subject to hydrolysis) is 1. The van der Waals surface area contributed by atoms with Crippen molar-refractivity contribution in [1.82, 2.24) is 5.32 Å². The largest absolute Gasteiger partial charge is 0.450 e. The third-order valence-electron chi connectivity index (χ3n) is 2.99. The Labute approximate surface area is 138 Å². The zero-order chi connectivity index (χ0) is 17.5. The second-order valence-electron chi connectivity index (χ2n) is 4.97. The normalized spacial score (nSPS) is 12.0. The molecule has 0 bridgehead atoms. The first-order valence-corrected chi connectivity index (χ1v) is 8.26. The smallest absolute Gasteiger partial charge is 0.407 e. The summed E-state index contributed by atoms with van der Waals surface area (Å²) >= 11 is 0. The van der Waals surface area contributed by atoms with E-state index in [0.29, 0.717) is 39.2 Å². The molecule has 0 aromatic rings. The molecule has 0 heterocycles. The number of guanidine groups is 1. The molecule has 0 aliphatic rings. The Morgan fingerprint density at radius 1 is 1.13 bits per heavy atom. The lowest BCUT2D eigenvalue weighted by Gasteiger charge is -2.27. The summed E-state index contributed by atoms with van der Waals surface area (Å²) in [5.74, 6) is 0.0552. The summed E-state index contributed by atoms with van der Waals surface area (Å²) < 4.78 is 16.3. The maximum absolute atomic E-state index is 11.9. The van der Waals surface area contributed by atoms with E-state index in [2.05, 4.69) is 10.3 Å². The topological polar surface area (TPSA) is 121 Å². The SMILES string of the molecule is CCCCOC(=O)N[C@@H](CCCN=C(N)N)C(OCC)OCC. The van der Waals surface area contributed by atoms with Crippen LogP contribution in [0.3, 0.4) is 0 Å². The maximum Gasteiger partial charge on any atom is 0.407 e. The van der Waals surface area contributed by atoms with Crippen LogP contribution in [0.1, 0.15) is 46.5 Å². The molecule has 0 radical (unpaired) electrons. The number of ether oxygens (including phenoxy) is 3. The molecular weight excluding hydrogens is 300 g/mol. The second kappa shape index (κ2) is 14.1. The van der Waals surface area contributed by atoms with Crippen molar-refractivity contribution < 1.29 is 19.0 Å².